The highest BCUT2D eigenvalue weighted by Crippen LogP contribution is 2.40. The average molecular weight is 448 g/mol. The molecule has 0 aliphatic rings. The molecule has 0 heterocycles. The van der Waals surface area contributed by atoms with Crippen molar-refractivity contribution in [3.8, 4) is 0 Å². The molecule has 0 saturated carbocycles. The van der Waals surface area contributed by atoms with Crippen LogP contribution in [0, 0.1) is 13.0 Å². The second-order valence-corrected chi connectivity index (χ2v) is 5.49. The first kappa shape index (κ1) is 12.8. The molecule has 0 atom stereocenters. The number of alkyl halides is 3. The van der Waals surface area contributed by atoms with Crippen LogP contribution in [0.4, 0.5) is 17.6 Å². The van der Waals surface area contributed by atoms with E-state index in [1.807, 2.05) is 0 Å². The Morgan fingerprint density at radius 1 is 1.07 bits per heavy atom. The normalized spacial score (nSPS) is 11.9. The van der Waals surface area contributed by atoms with Crippen molar-refractivity contribution in [1.82, 2.24) is 0 Å². The molecule has 0 radical (unpaired) electrons. The second-order valence-electron chi connectivity index (χ2n) is 2.22. The van der Waals surface area contributed by atoms with Crippen molar-refractivity contribution in [3.05, 3.63) is 25.1 Å². The predicted molar refractivity (Wildman–Crippen MR) is 63.7 cm³/mol. The Labute approximate surface area is 109 Å². The van der Waals surface area contributed by atoms with Gasteiger partial charge in [-0.1, -0.05) is 0 Å². The van der Waals surface area contributed by atoms with Gasteiger partial charge in [-0.25, -0.2) is 4.39 Å². The first-order valence-electron chi connectivity index (χ1n) is 3.20. The third kappa shape index (κ3) is 3.40. The monoisotopic (exact) mass is 448 g/mol. The molecule has 0 saturated heterocycles. The van der Waals surface area contributed by atoms with E-state index >= 15 is 0 Å². The summed E-state index contributed by atoms with van der Waals surface area (Å²) in [7, 11) is 0. The van der Waals surface area contributed by atoms with Crippen molar-refractivity contribution < 1.29 is 17.6 Å². The van der Waals surface area contributed by atoms with Gasteiger partial charge in [-0.05, 0) is 69.1 Å². The molecule has 1 rings (SSSR count). The molecular weight excluding hydrogens is 446 g/mol. The van der Waals surface area contributed by atoms with Gasteiger partial charge < -0.3 is 0 Å². The molecule has 0 unspecified atom stereocenters. The van der Waals surface area contributed by atoms with Crippen molar-refractivity contribution in [2.24, 2.45) is 0 Å². The van der Waals surface area contributed by atoms with Crippen LogP contribution in [0.15, 0.2) is 17.0 Å². The minimum atomic E-state index is -4.33. The van der Waals surface area contributed by atoms with Gasteiger partial charge >= 0.3 is 5.51 Å². The van der Waals surface area contributed by atoms with E-state index < -0.39 is 11.3 Å². The van der Waals surface area contributed by atoms with Gasteiger partial charge in [0, 0.05) is 8.47 Å². The number of halogens is 6. The SMILES string of the molecule is Fc1ccc(SC(F)(F)F)c(I)c1I. The third-order valence-corrected chi connectivity index (χ3v) is 5.59. The van der Waals surface area contributed by atoms with Crippen LogP contribution in [0.3, 0.4) is 0 Å². The smallest absolute Gasteiger partial charge is 0.206 e. The van der Waals surface area contributed by atoms with Crippen LogP contribution in [0.5, 0.6) is 0 Å². The predicted octanol–water partition coefficient (Wildman–Crippen LogP) is 4.65. The van der Waals surface area contributed by atoms with Crippen molar-refractivity contribution in [2.45, 2.75) is 10.4 Å². The first-order valence-corrected chi connectivity index (χ1v) is 6.18. The lowest BCUT2D eigenvalue weighted by molar-refractivity contribution is -0.0328. The molecule has 1 aromatic rings. The minimum Gasteiger partial charge on any atom is -0.206 e. The lowest BCUT2D eigenvalue weighted by Gasteiger charge is -2.08. The summed E-state index contributed by atoms with van der Waals surface area (Å²) in [5, 5.41) is 0. The molecule has 0 amide bonds. The van der Waals surface area contributed by atoms with Crippen molar-refractivity contribution >= 4 is 56.9 Å². The fraction of sp³-hybridized carbons (Fsp3) is 0.143. The van der Waals surface area contributed by atoms with E-state index in [9.17, 15) is 17.6 Å². The quantitative estimate of drug-likeness (QED) is 0.261. The van der Waals surface area contributed by atoms with Crippen LogP contribution in [0.2, 0.25) is 0 Å². The highest BCUT2D eigenvalue weighted by Gasteiger charge is 2.30. The van der Waals surface area contributed by atoms with Gasteiger partial charge in [0.1, 0.15) is 5.82 Å². The number of thioether (sulfide) groups is 1. The summed E-state index contributed by atoms with van der Waals surface area (Å²) < 4.78 is 49.5. The zero-order valence-corrected chi connectivity index (χ0v) is 11.5. The zero-order valence-electron chi connectivity index (χ0n) is 6.33. The minimum absolute atomic E-state index is 0.0314. The van der Waals surface area contributed by atoms with Crippen molar-refractivity contribution in [3.63, 3.8) is 0 Å². The summed E-state index contributed by atoms with van der Waals surface area (Å²) in [5.41, 5.74) is -4.33. The summed E-state index contributed by atoms with van der Waals surface area (Å²) in [5.74, 6) is -0.499. The molecule has 1 aromatic carbocycles. The van der Waals surface area contributed by atoms with E-state index in [-0.39, 0.29) is 20.2 Å². The van der Waals surface area contributed by atoms with Crippen LogP contribution >= 0.6 is 56.9 Å². The van der Waals surface area contributed by atoms with Crippen molar-refractivity contribution in [2.75, 3.05) is 0 Å². The molecule has 14 heavy (non-hydrogen) atoms. The molecular formula is C7H2F4I2S. The molecule has 78 valence electrons. The summed E-state index contributed by atoms with van der Waals surface area (Å²) in [4.78, 5) is 0.0314. The molecule has 0 fully saturated rings. The number of benzene rings is 1. The topological polar surface area (TPSA) is 0 Å². The molecule has 0 aliphatic heterocycles. The number of hydrogen-bond donors (Lipinski definition) is 0. The van der Waals surface area contributed by atoms with Crippen LogP contribution in [0.25, 0.3) is 0 Å². The fourth-order valence-electron chi connectivity index (χ4n) is 0.712. The second kappa shape index (κ2) is 4.73. The summed E-state index contributed by atoms with van der Waals surface area (Å²) >= 11 is 3.16. The van der Waals surface area contributed by atoms with E-state index in [1.54, 1.807) is 45.2 Å². The average Bonchev–Trinajstić information content (AvgIpc) is 2.04. The highest BCUT2D eigenvalue weighted by atomic mass is 127. The van der Waals surface area contributed by atoms with E-state index in [1.165, 1.54) is 0 Å². The van der Waals surface area contributed by atoms with Crippen LogP contribution in [-0.2, 0) is 0 Å². The van der Waals surface area contributed by atoms with Crippen LogP contribution in [0.1, 0.15) is 0 Å². The Morgan fingerprint density at radius 2 is 1.64 bits per heavy atom. The largest absolute Gasteiger partial charge is 0.446 e. The van der Waals surface area contributed by atoms with Gasteiger partial charge in [0.15, 0.2) is 0 Å². The summed E-state index contributed by atoms with van der Waals surface area (Å²) in [6, 6.07) is 2.18. The van der Waals surface area contributed by atoms with Gasteiger partial charge in [0.2, 0.25) is 0 Å². The Hall–Kier alpha value is 0.750. The molecule has 0 spiro atoms. The van der Waals surface area contributed by atoms with E-state index in [0.717, 1.165) is 12.1 Å². The molecule has 0 aliphatic carbocycles. The fourth-order valence-corrected chi connectivity index (χ4v) is 2.71. The molecule has 0 aromatic heterocycles. The lowest BCUT2D eigenvalue weighted by atomic mass is 10.3. The zero-order chi connectivity index (χ0) is 10.9. The summed E-state index contributed by atoms with van der Waals surface area (Å²) in [6.07, 6.45) is 0. The highest BCUT2D eigenvalue weighted by molar-refractivity contribution is 14.1. The summed E-state index contributed by atoms with van der Waals surface area (Å²) in [6.45, 7) is 0. The van der Waals surface area contributed by atoms with E-state index in [4.69, 9.17) is 0 Å². The van der Waals surface area contributed by atoms with Gasteiger partial charge in [0.25, 0.3) is 0 Å². The molecule has 0 nitrogen and oxygen atoms in total. The Kier molecular flexibility index (Phi) is 4.33. The number of hydrogen-bond acceptors (Lipinski definition) is 1. The first-order chi connectivity index (χ1) is 6.31. The van der Waals surface area contributed by atoms with Crippen LogP contribution < -0.4 is 0 Å². The Bertz CT molecular complexity index is 350. The maximum atomic E-state index is 12.9. The number of rotatable bonds is 1. The maximum absolute atomic E-state index is 12.9. The Morgan fingerprint density at radius 3 is 2.14 bits per heavy atom. The van der Waals surface area contributed by atoms with E-state index in [2.05, 4.69) is 0 Å². The molecule has 0 bridgehead atoms. The lowest BCUT2D eigenvalue weighted by Crippen LogP contribution is -2.01. The van der Waals surface area contributed by atoms with Crippen molar-refractivity contribution in [1.29, 1.82) is 0 Å². The van der Waals surface area contributed by atoms with Gasteiger partial charge in [-0.2, -0.15) is 13.2 Å². The van der Waals surface area contributed by atoms with Gasteiger partial charge in [-0.15, -0.1) is 0 Å². The third-order valence-electron chi connectivity index (χ3n) is 1.23. The Balaban J connectivity index is 3.06. The van der Waals surface area contributed by atoms with Gasteiger partial charge in [-0.3, -0.25) is 0 Å². The maximum Gasteiger partial charge on any atom is 0.446 e. The van der Waals surface area contributed by atoms with E-state index in [0.29, 0.717) is 3.57 Å². The molecule has 7 heteroatoms. The van der Waals surface area contributed by atoms with Gasteiger partial charge in [0.05, 0.1) is 3.57 Å². The van der Waals surface area contributed by atoms with Crippen LogP contribution in [-0.4, -0.2) is 5.51 Å². The standard InChI is InChI=1S/C7H2F4I2S/c8-3-1-2-4(6(13)5(3)12)14-7(9,10)11/h1-2H. The molecule has 0 N–H and O–H groups in total.